The van der Waals surface area contributed by atoms with Crippen LogP contribution in [0.3, 0.4) is 0 Å². The van der Waals surface area contributed by atoms with E-state index >= 15 is 0 Å². The van der Waals surface area contributed by atoms with Gasteiger partial charge in [0.05, 0.1) is 12.2 Å². The van der Waals surface area contributed by atoms with Crippen molar-refractivity contribution in [2.24, 2.45) is 0 Å². The van der Waals surface area contributed by atoms with Crippen LogP contribution in [-0.2, 0) is 4.74 Å². The van der Waals surface area contributed by atoms with Gasteiger partial charge in [-0.2, -0.15) is 0 Å². The normalized spacial score (nSPS) is 27.7. The first-order chi connectivity index (χ1) is 9.72. The second-order valence-corrected chi connectivity index (χ2v) is 5.92. The van der Waals surface area contributed by atoms with Crippen molar-refractivity contribution >= 4 is 11.4 Å². The van der Waals surface area contributed by atoms with Gasteiger partial charge in [0.15, 0.2) is 0 Å². The van der Waals surface area contributed by atoms with Crippen molar-refractivity contribution in [2.45, 2.75) is 26.1 Å². The van der Waals surface area contributed by atoms with Crippen molar-refractivity contribution in [2.75, 3.05) is 49.1 Å². The van der Waals surface area contributed by atoms with E-state index in [1.807, 2.05) is 0 Å². The minimum absolute atomic E-state index is 0.312. The molecule has 0 aliphatic carbocycles. The highest BCUT2D eigenvalue weighted by Crippen LogP contribution is 2.24. The maximum Gasteiger partial charge on any atom is 0.0726 e. The molecule has 2 atom stereocenters. The molecule has 2 saturated heterocycles. The fourth-order valence-electron chi connectivity index (χ4n) is 3.19. The number of morpholine rings is 1. The minimum Gasteiger partial charge on any atom is -0.372 e. The first-order valence-corrected chi connectivity index (χ1v) is 7.68. The molecule has 20 heavy (non-hydrogen) atoms. The quantitative estimate of drug-likeness (QED) is 0.889. The summed E-state index contributed by atoms with van der Waals surface area (Å²) in [5, 5.41) is 3.39. The Bertz CT molecular complexity index is 418. The Balaban J connectivity index is 1.69. The average molecular weight is 275 g/mol. The minimum atomic E-state index is 0.312. The Morgan fingerprint density at radius 3 is 1.95 bits per heavy atom. The van der Waals surface area contributed by atoms with E-state index in [2.05, 4.69) is 53.2 Å². The summed E-state index contributed by atoms with van der Waals surface area (Å²) in [6.07, 6.45) is 0.623. The highest BCUT2D eigenvalue weighted by atomic mass is 16.5. The number of nitrogens with zero attached hydrogens (tertiary/aromatic N) is 2. The van der Waals surface area contributed by atoms with Crippen LogP contribution in [0.15, 0.2) is 24.3 Å². The van der Waals surface area contributed by atoms with Gasteiger partial charge in [0, 0.05) is 50.6 Å². The summed E-state index contributed by atoms with van der Waals surface area (Å²) in [5.41, 5.74) is 2.65. The van der Waals surface area contributed by atoms with Crippen LogP contribution < -0.4 is 15.1 Å². The largest absolute Gasteiger partial charge is 0.372 e. The topological polar surface area (TPSA) is 27.7 Å². The van der Waals surface area contributed by atoms with Gasteiger partial charge in [-0.25, -0.2) is 0 Å². The first kappa shape index (κ1) is 13.7. The third-order valence-electron chi connectivity index (χ3n) is 4.12. The molecule has 0 saturated carbocycles. The molecule has 4 nitrogen and oxygen atoms in total. The molecule has 2 unspecified atom stereocenters. The summed E-state index contributed by atoms with van der Waals surface area (Å²) >= 11 is 0. The summed E-state index contributed by atoms with van der Waals surface area (Å²) < 4.78 is 5.80. The van der Waals surface area contributed by atoms with E-state index in [1.165, 1.54) is 11.4 Å². The molecule has 0 aromatic heterocycles. The van der Waals surface area contributed by atoms with E-state index in [1.54, 1.807) is 0 Å². The molecule has 3 rings (SSSR count). The SMILES string of the molecule is CC1CN(c2ccc(N3CCNCC3)cc2)CC(C)O1. The van der Waals surface area contributed by atoms with E-state index in [4.69, 9.17) is 4.74 Å². The Hall–Kier alpha value is -1.26. The van der Waals surface area contributed by atoms with Crippen LogP contribution in [0.25, 0.3) is 0 Å². The Kier molecular flexibility index (Phi) is 4.13. The van der Waals surface area contributed by atoms with E-state index in [-0.39, 0.29) is 0 Å². The number of hydrogen-bond donors (Lipinski definition) is 1. The molecule has 0 spiro atoms. The zero-order valence-electron chi connectivity index (χ0n) is 12.5. The van der Waals surface area contributed by atoms with Crippen molar-refractivity contribution in [3.05, 3.63) is 24.3 Å². The van der Waals surface area contributed by atoms with Crippen LogP contribution in [0.5, 0.6) is 0 Å². The Morgan fingerprint density at radius 2 is 1.40 bits per heavy atom. The predicted molar refractivity (Wildman–Crippen MR) is 83.7 cm³/mol. The van der Waals surface area contributed by atoms with Crippen LogP contribution in [-0.4, -0.2) is 51.5 Å². The molecule has 0 radical (unpaired) electrons. The molecule has 2 aliphatic heterocycles. The molecule has 1 aromatic rings. The number of nitrogens with one attached hydrogen (secondary N) is 1. The third kappa shape index (κ3) is 3.07. The second kappa shape index (κ2) is 6.02. The van der Waals surface area contributed by atoms with Crippen LogP contribution in [0.2, 0.25) is 0 Å². The number of ether oxygens (including phenoxy) is 1. The average Bonchev–Trinajstić information content (AvgIpc) is 2.47. The number of rotatable bonds is 2. The maximum absolute atomic E-state index is 5.80. The molecule has 0 bridgehead atoms. The fraction of sp³-hybridized carbons (Fsp3) is 0.625. The number of hydrogen-bond acceptors (Lipinski definition) is 4. The standard InChI is InChI=1S/C16H25N3O/c1-13-11-19(12-14(2)20-13)16-5-3-15(4-6-16)18-9-7-17-8-10-18/h3-6,13-14,17H,7-12H2,1-2H3. The molecule has 1 aromatic carbocycles. The molecule has 4 heteroatoms. The second-order valence-electron chi connectivity index (χ2n) is 5.92. The smallest absolute Gasteiger partial charge is 0.0726 e. The molecule has 0 amide bonds. The molecule has 110 valence electrons. The maximum atomic E-state index is 5.80. The summed E-state index contributed by atoms with van der Waals surface area (Å²) in [4.78, 5) is 4.88. The highest BCUT2D eigenvalue weighted by Gasteiger charge is 2.22. The number of anilines is 2. The first-order valence-electron chi connectivity index (χ1n) is 7.68. The molecular weight excluding hydrogens is 250 g/mol. The van der Waals surface area contributed by atoms with E-state index in [0.717, 1.165) is 39.3 Å². The van der Waals surface area contributed by atoms with Gasteiger partial charge < -0.3 is 19.9 Å². The Labute approximate surface area is 121 Å². The fourth-order valence-corrected chi connectivity index (χ4v) is 3.19. The van der Waals surface area contributed by atoms with Gasteiger partial charge in [0.2, 0.25) is 0 Å². The third-order valence-corrected chi connectivity index (χ3v) is 4.12. The number of benzene rings is 1. The summed E-state index contributed by atoms with van der Waals surface area (Å²) in [7, 11) is 0. The lowest BCUT2D eigenvalue weighted by Gasteiger charge is -2.37. The van der Waals surface area contributed by atoms with Gasteiger partial charge in [0.1, 0.15) is 0 Å². The van der Waals surface area contributed by atoms with Gasteiger partial charge in [-0.05, 0) is 38.1 Å². The predicted octanol–water partition coefficient (Wildman–Crippen LogP) is 1.71. The molecule has 2 heterocycles. The van der Waals surface area contributed by atoms with Gasteiger partial charge in [-0.1, -0.05) is 0 Å². The van der Waals surface area contributed by atoms with E-state index in [9.17, 15) is 0 Å². The van der Waals surface area contributed by atoms with Crippen LogP contribution in [0.1, 0.15) is 13.8 Å². The number of piperazine rings is 1. The van der Waals surface area contributed by atoms with Crippen molar-refractivity contribution in [3.63, 3.8) is 0 Å². The lowest BCUT2D eigenvalue weighted by atomic mass is 10.1. The van der Waals surface area contributed by atoms with Crippen LogP contribution in [0.4, 0.5) is 11.4 Å². The van der Waals surface area contributed by atoms with Crippen molar-refractivity contribution in [1.82, 2.24) is 5.32 Å². The zero-order valence-corrected chi connectivity index (χ0v) is 12.5. The van der Waals surface area contributed by atoms with Crippen LogP contribution in [0, 0.1) is 0 Å². The zero-order chi connectivity index (χ0) is 13.9. The van der Waals surface area contributed by atoms with Crippen molar-refractivity contribution in [3.8, 4) is 0 Å². The highest BCUT2D eigenvalue weighted by molar-refractivity contribution is 5.57. The lowest BCUT2D eigenvalue weighted by molar-refractivity contribution is -0.00521. The van der Waals surface area contributed by atoms with Crippen molar-refractivity contribution < 1.29 is 4.74 Å². The van der Waals surface area contributed by atoms with Gasteiger partial charge in [0.25, 0.3) is 0 Å². The summed E-state index contributed by atoms with van der Waals surface area (Å²) in [6.45, 7) is 10.6. The van der Waals surface area contributed by atoms with Gasteiger partial charge >= 0.3 is 0 Å². The Morgan fingerprint density at radius 1 is 0.900 bits per heavy atom. The molecule has 2 fully saturated rings. The summed E-state index contributed by atoms with van der Waals surface area (Å²) in [6, 6.07) is 9.02. The van der Waals surface area contributed by atoms with Gasteiger partial charge in [-0.3, -0.25) is 0 Å². The summed E-state index contributed by atoms with van der Waals surface area (Å²) in [5.74, 6) is 0. The molecule has 2 aliphatic rings. The van der Waals surface area contributed by atoms with Gasteiger partial charge in [-0.15, -0.1) is 0 Å². The molecule has 1 N–H and O–H groups in total. The van der Waals surface area contributed by atoms with E-state index < -0.39 is 0 Å². The van der Waals surface area contributed by atoms with E-state index in [0.29, 0.717) is 12.2 Å². The van der Waals surface area contributed by atoms with Crippen molar-refractivity contribution in [1.29, 1.82) is 0 Å². The van der Waals surface area contributed by atoms with Crippen LogP contribution >= 0.6 is 0 Å². The lowest BCUT2D eigenvalue weighted by Crippen LogP contribution is -2.45. The monoisotopic (exact) mass is 275 g/mol. The molecular formula is C16H25N3O.